The number of amides is 1. The van der Waals surface area contributed by atoms with Crippen molar-refractivity contribution in [3.05, 3.63) is 12.2 Å². The van der Waals surface area contributed by atoms with Gasteiger partial charge in [0.1, 0.15) is 13.1 Å². The first-order chi connectivity index (χ1) is 8.66. The summed E-state index contributed by atoms with van der Waals surface area (Å²) in [5.74, 6) is -0.269. The van der Waals surface area contributed by atoms with Crippen molar-refractivity contribution in [2.24, 2.45) is 0 Å². The third kappa shape index (κ3) is 7.29. The smallest absolute Gasteiger partial charge is 0.273 e. The highest BCUT2D eigenvalue weighted by Crippen LogP contribution is 2.05. The van der Waals surface area contributed by atoms with Gasteiger partial charge in [-0.25, -0.2) is 4.59 Å². The summed E-state index contributed by atoms with van der Waals surface area (Å²) in [5, 5.41) is 0. The van der Waals surface area contributed by atoms with Gasteiger partial charge in [-0.2, -0.15) is 13.8 Å². The fourth-order valence-electron chi connectivity index (χ4n) is 1.73. The zero-order valence-corrected chi connectivity index (χ0v) is 13.0. The number of rotatable bonds is 9. The Bertz CT molecular complexity index is 419. The van der Waals surface area contributed by atoms with Crippen molar-refractivity contribution in [3.63, 3.8) is 0 Å². The summed E-state index contributed by atoms with van der Waals surface area (Å²) in [4.78, 5) is 11.7. The molecule has 0 radical (unpaired) electrons. The highest BCUT2D eigenvalue weighted by Gasteiger charge is 2.25. The number of nitrogens with one attached hydrogen (secondary N) is 1. The van der Waals surface area contributed by atoms with Crippen LogP contribution in [-0.4, -0.2) is 51.9 Å². The zero-order valence-electron chi connectivity index (χ0n) is 12.2. The Morgan fingerprint density at radius 3 is 2.37 bits per heavy atom. The zero-order chi connectivity index (χ0) is 15.1. The molecule has 112 valence electrons. The molecule has 0 bridgehead atoms. The van der Waals surface area contributed by atoms with Crippen LogP contribution in [0.1, 0.15) is 26.7 Å². The lowest BCUT2D eigenvalue weighted by atomic mass is 10.3. The van der Waals surface area contributed by atoms with Gasteiger partial charge >= 0.3 is 0 Å². The number of carbonyl (C=O) groups excluding carboxylic acids is 1. The molecule has 0 aromatic heterocycles. The molecule has 0 saturated heterocycles. The SMILES string of the molecule is C=C(C)C(=O)N[N+](C)(CCC)CCCS(=O)(=O)OC. The first kappa shape index (κ1) is 18.1. The fraction of sp³-hybridized carbons (Fsp3) is 0.750. The second-order valence-corrected chi connectivity index (χ2v) is 6.70. The van der Waals surface area contributed by atoms with Gasteiger partial charge in [0.05, 0.1) is 19.9 Å². The van der Waals surface area contributed by atoms with Gasteiger partial charge in [-0.1, -0.05) is 13.5 Å². The maximum Gasteiger partial charge on any atom is 0.290 e. The number of hydrogen-bond acceptors (Lipinski definition) is 4. The van der Waals surface area contributed by atoms with E-state index in [1.165, 1.54) is 0 Å². The Balaban J connectivity index is 4.55. The largest absolute Gasteiger partial charge is 0.290 e. The van der Waals surface area contributed by atoms with E-state index < -0.39 is 10.1 Å². The van der Waals surface area contributed by atoms with Gasteiger partial charge in [-0.05, 0) is 13.3 Å². The van der Waals surface area contributed by atoms with Gasteiger partial charge in [-0.3, -0.25) is 8.98 Å². The van der Waals surface area contributed by atoms with Crippen LogP contribution >= 0.6 is 0 Å². The molecule has 0 saturated carbocycles. The third-order valence-electron chi connectivity index (χ3n) is 2.78. The van der Waals surface area contributed by atoms with Crippen molar-refractivity contribution < 1.29 is 22.0 Å². The maximum atomic E-state index is 11.7. The van der Waals surface area contributed by atoms with Crippen LogP contribution in [0.5, 0.6) is 0 Å². The molecule has 1 N–H and O–H groups in total. The molecule has 0 spiro atoms. The molecule has 0 fully saturated rings. The van der Waals surface area contributed by atoms with Crippen LogP contribution in [0.4, 0.5) is 0 Å². The van der Waals surface area contributed by atoms with Crippen LogP contribution in [0.2, 0.25) is 0 Å². The fourth-order valence-corrected chi connectivity index (χ4v) is 2.38. The van der Waals surface area contributed by atoms with E-state index in [2.05, 4.69) is 16.2 Å². The highest BCUT2D eigenvalue weighted by molar-refractivity contribution is 7.86. The molecular weight excluding hydrogens is 268 g/mol. The normalized spacial score (nSPS) is 14.7. The van der Waals surface area contributed by atoms with Crippen LogP contribution in [0.25, 0.3) is 0 Å². The number of carbonyl (C=O) groups is 1. The van der Waals surface area contributed by atoms with Gasteiger partial charge in [0.15, 0.2) is 0 Å². The van der Waals surface area contributed by atoms with Crippen LogP contribution in [0.3, 0.4) is 0 Å². The van der Waals surface area contributed by atoms with Crippen molar-refractivity contribution in [3.8, 4) is 0 Å². The molecule has 0 heterocycles. The summed E-state index contributed by atoms with van der Waals surface area (Å²) in [5.41, 5.74) is 3.30. The van der Waals surface area contributed by atoms with E-state index in [4.69, 9.17) is 0 Å². The molecule has 7 heteroatoms. The lowest BCUT2D eigenvalue weighted by Crippen LogP contribution is -2.58. The second-order valence-electron chi connectivity index (χ2n) is 4.85. The third-order valence-corrected chi connectivity index (χ3v) is 4.07. The molecule has 1 amide bonds. The molecule has 1 atom stereocenters. The predicted octanol–water partition coefficient (Wildman–Crippen LogP) is 0.817. The van der Waals surface area contributed by atoms with E-state index in [1.807, 2.05) is 14.0 Å². The molecule has 0 aromatic rings. The Labute approximate surface area is 116 Å². The Morgan fingerprint density at radius 1 is 1.37 bits per heavy atom. The molecule has 0 aliphatic rings. The molecule has 0 rings (SSSR count). The molecule has 0 aliphatic carbocycles. The van der Waals surface area contributed by atoms with Crippen molar-refractivity contribution in [1.29, 1.82) is 0 Å². The van der Waals surface area contributed by atoms with Gasteiger partial charge in [-0.15, -0.1) is 0 Å². The van der Waals surface area contributed by atoms with Gasteiger partial charge < -0.3 is 0 Å². The molecule has 1 unspecified atom stereocenters. The van der Waals surface area contributed by atoms with Crippen molar-refractivity contribution in [1.82, 2.24) is 5.43 Å². The lowest BCUT2D eigenvalue weighted by molar-refractivity contribution is -0.943. The van der Waals surface area contributed by atoms with E-state index in [0.29, 0.717) is 23.1 Å². The summed E-state index contributed by atoms with van der Waals surface area (Å²) in [6.07, 6.45) is 1.30. The topological polar surface area (TPSA) is 72.5 Å². The minimum absolute atomic E-state index is 0.0516. The van der Waals surface area contributed by atoms with Crippen molar-refractivity contribution in [2.45, 2.75) is 26.7 Å². The second kappa shape index (κ2) is 7.62. The van der Waals surface area contributed by atoms with Crippen LogP contribution in [0.15, 0.2) is 12.2 Å². The van der Waals surface area contributed by atoms with Crippen molar-refractivity contribution >= 4 is 16.0 Å². The minimum Gasteiger partial charge on any atom is -0.273 e. The Morgan fingerprint density at radius 2 is 1.95 bits per heavy atom. The molecule has 0 aromatic carbocycles. The maximum absolute atomic E-state index is 11.7. The van der Waals surface area contributed by atoms with Crippen molar-refractivity contribution in [2.75, 3.05) is 33.0 Å². The summed E-state index contributed by atoms with van der Waals surface area (Å²) in [6, 6.07) is 0. The molecule has 0 aliphatic heterocycles. The summed E-state index contributed by atoms with van der Waals surface area (Å²) in [6.45, 7) is 8.49. The van der Waals surface area contributed by atoms with E-state index in [-0.39, 0.29) is 11.7 Å². The van der Waals surface area contributed by atoms with E-state index in [0.717, 1.165) is 20.1 Å². The molecule has 19 heavy (non-hydrogen) atoms. The van der Waals surface area contributed by atoms with Gasteiger partial charge in [0.25, 0.3) is 16.0 Å². The predicted molar refractivity (Wildman–Crippen MR) is 74.6 cm³/mol. The number of nitrogens with zero attached hydrogens (tertiary/aromatic N) is 1. The first-order valence-corrected chi connectivity index (χ1v) is 7.84. The molecule has 6 nitrogen and oxygen atoms in total. The standard InChI is InChI=1S/C12H24N2O4S/c1-6-8-14(4,13-12(15)11(2)3)9-7-10-19(16,17)18-5/h2,6-10H2,1,3-5H3/p+1. The van der Waals surface area contributed by atoms with Crippen LogP contribution in [0, 0.1) is 0 Å². The van der Waals surface area contributed by atoms with Gasteiger partial charge in [0.2, 0.25) is 0 Å². The van der Waals surface area contributed by atoms with E-state index in [1.54, 1.807) is 6.92 Å². The average Bonchev–Trinajstić information content (AvgIpc) is 2.28. The first-order valence-electron chi connectivity index (χ1n) is 6.26. The minimum atomic E-state index is -3.44. The van der Waals surface area contributed by atoms with E-state index in [9.17, 15) is 13.2 Å². The summed E-state index contributed by atoms with van der Waals surface area (Å²) in [7, 11) is -0.426. The number of hydrogen-bond donors (Lipinski definition) is 1. The Kier molecular flexibility index (Phi) is 7.25. The summed E-state index contributed by atoms with van der Waals surface area (Å²) >= 11 is 0. The summed E-state index contributed by atoms with van der Waals surface area (Å²) < 4.78 is 27.2. The lowest BCUT2D eigenvalue weighted by Gasteiger charge is -2.33. The monoisotopic (exact) mass is 293 g/mol. The quantitative estimate of drug-likeness (QED) is 0.296. The average molecular weight is 293 g/mol. The molecular formula is C12H25N2O4S+. The highest BCUT2D eigenvalue weighted by atomic mass is 32.2. The van der Waals surface area contributed by atoms with Gasteiger partial charge in [0, 0.05) is 12.0 Å². The Hall–Kier alpha value is -0.920. The van der Waals surface area contributed by atoms with E-state index >= 15 is 0 Å². The van der Waals surface area contributed by atoms with Crippen LogP contribution < -0.4 is 5.43 Å². The van der Waals surface area contributed by atoms with Crippen LogP contribution in [-0.2, 0) is 19.1 Å². The number of quaternary nitrogens is 1.